The van der Waals surface area contributed by atoms with Crippen molar-refractivity contribution in [1.82, 2.24) is 9.61 Å². The average Bonchev–Trinajstić information content (AvgIpc) is 2.98. The summed E-state index contributed by atoms with van der Waals surface area (Å²) >= 11 is 1.68. The van der Waals surface area contributed by atoms with Crippen molar-refractivity contribution < 1.29 is 0 Å². The largest absolute Gasteiger partial charge is 0.319 e. The fraction of sp³-hybridized carbons (Fsp3) is 0.0833. The first kappa shape index (κ1) is 9.57. The maximum atomic E-state index is 6.23. The Kier molecular flexibility index (Phi) is 2.23. The van der Waals surface area contributed by atoms with Gasteiger partial charge in [0.2, 0.25) is 0 Å². The normalized spacial score (nSPS) is 13.1. The molecule has 1 unspecified atom stereocenters. The number of rotatable bonds is 2. The van der Waals surface area contributed by atoms with Crippen molar-refractivity contribution >= 4 is 16.9 Å². The number of nitrogens with zero attached hydrogens (tertiary/aromatic N) is 2. The third-order valence-electron chi connectivity index (χ3n) is 2.64. The molecule has 3 nitrogen and oxygen atoms in total. The minimum Gasteiger partial charge on any atom is -0.319 e. The number of aromatic nitrogens is 2. The highest BCUT2D eigenvalue weighted by Crippen LogP contribution is 2.26. The van der Waals surface area contributed by atoms with Crippen LogP contribution in [0.3, 0.4) is 0 Å². The third kappa shape index (κ3) is 1.43. The van der Waals surface area contributed by atoms with Crippen molar-refractivity contribution in [3.63, 3.8) is 0 Å². The van der Waals surface area contributed by atoms with E-state index >= 15 is 0 Å². The van der Waals surface area contributed by atoms with Crippen molar-refractivity contribution in [1.29, 1.82) is 0 Å². The molecule has 2 N–H and O–H groups in total. The summed E-state index contributed by atoms with van der Waals surface area (Å²) in [5, 5.41) is 6.33. The molecular formula is C12H11N3S. The van der Waals surface area contributed by atoms with E-state index in [-0.39, 0.29) is 6.04 Å². The molecule has 3 aromatic rings. The molecule has 0 aliphatic heterocycles. The molecule has 0 saturated carbocycles. The number of hydrogen-bond donors (Lipinski definition) is 1. The van der Waals surface area contributed by atoms with Gasteiger partial charge in [-0.05, 0) is 23.6 Å². The van der Waals surface area contributed by atoms with Gasteiger partial charge in [-0.2, -0.15) is 5.10 Å². The van der Waals surface area contributed by atoms with Crippen LogP contribution in [0.2, 0.25) is 0 Å². The van der Waals surface area contributed by atoms with Gasteiger partial charge in [-0.25, -0.2) is 4.52 Å². The van der Waals surface area contributed by atoms with Crippen molar-refractivity contribution in [3.05, 3.63) is 58.5 Å². The van der Waals surface area contributed by atoms with Crippen LogP contribution >= 0.6 is 11.3 Å². The van der Waals surface area contributed by atoms with Crippen LogP contribution in [0, 0.1) is 0 Å². The van der Waals surface area contributed by atoms with Crippen LogP contribution in [0.25, 0.3) is 5.52 Å². The Labute approximate surface area is 97.1 Å². The fourth-order valence-electron chi connectivity index (χ4n) is 1.82. The summed E-state index contributed by atoms with van der Waals surface area (Å²) in [5.41, 5.74) is 8.37. The molecule has 0 aromatic carbocycles. The summed E-state index contributed by atoms with van der Waals surface area (Å²) in [5.74, 6) is 0. The molecule has 80 valence electrons. The van der Waals surface area contributed by atoms with Crippen LogP contribution in [-0.4, -0.2) is 9.61 Å². The van der Waals surface area contributed by atoms with E-state index in [2.05, 4.69) is 11.2 Å². The topological polar surface area (TPSA) is 43.3 Å². The van der Waals surface area contributed by atoms with E-state index in [0.717, 1.165) is 11.1 Å². The second kappa shape index (κ2) is 3.73. The minimum atomic E-state index is -0.0834. The van der Waals surface area contributed by atoms with Crippen LogP contribution < -0.4 is 5.73 Å². The lowest BCUT2D eigenvalue weighted by atomic mass is 10.1. The molecule has 0 aliphatic rings. The molecule has 3 heterocycles. The van der Waals surface area contributed by atoms with Gasteiger partial charge in [0.1, 0.15) is 0 Å². The number of thiophene rings is 1. The zero-order valence-electron chi connectivity index (χ0n) is 8.58. The second-order valence-electron chi connectivity index (χ2n) is 3.62. The molecule has 0 radical (unpaired) electrons. The van der Waals surface area contributed by atoms with Crippen LogP contribution in [0.1, 0.15) is 16.5 Å². The number of hydrogen-bond acceptors (Lipinski definition) is 3. The lowest BCUT2D eigenvalue weighted by molar-refractivity contribution is 0.903. The van der Waals surface area contributed by atoms with Crippen LogP contribution in [-0.2, 0) is 0 Å². The standard InChI is InChI=1S/C12H11N3S/c13-12(11-5-3-7-16-11)9-8-14-15-6-2-1-4-10(9)15/h1-8,12H,13H2. The number of fused-ring (bicyclic) bond motifs is 1. The first-order valence-corrected chi connectivity index (χ1v) is 5.95. The molecule has 0 aliphatic carbocycles. The summed E-state index contributed by atoms with van der Waals surface area (Å²) in [4.78, 5) is 1.17. The first-order valence-electron chi connectivity index (χ1n) is 5.07. The lowest BCUT2D eigenvalue weighted by Gasteiger charge is -2.07. The zero-order valence-corrected chi connectivity index (χ0v) is 9.39. The molecule has 0 spiro atoms. The third-order valence-corrected chi connectivity index (χ3v) is 3.60. The van der Waals surface area contributed by atoms with Gasteiger partial charge in [-0.3, -0.25) is 0 Å². The van der Waals surface area contributed by atoms with Crippen molar-refractivity contribution in [2.24, 2.45) is 5.73 Å². The van der Waals surface area contributed by atoms with E-state index in [1.807, 2.05) is 46.6 Å². The molecule has 0 saturated heterocycles. The van der Waals surface area contributed by atoms with Crippen LogP contribution in [0.4, 0.5) is 0 Å². The molecule has 3 aromatic heterocycles. The van der Waals surface area contributed by atoms with E-state index in [0.29, 0.717) is 0 Å². The van der Waals surface area contributed by atoms with Gasteiger partial charge in [0, 0.05) is 16.6 Å². The molecule has 0 bridgehead atoms. The smallest absolute Gasteiger partial charge is 0.0713 e. The van der Waals surface area contributed by atoms with E-state index in [9.17, 15) is 0 Å². The highest BCUT2D eigenvalue weighted by molar-refractivity contribution is 7.10. The minimum absolute atomic E-state index is 0.0834. The Bertz CT molecular complexity index is 598. The van der Waals surface area contributed by atoms with Gasteiger partial charge in [0.15, 0.2) is 0 Å². The molecule has 0 amide bonds. The Hall–Kier alpha value is -1.65. The monoisotopic (exact) mass is 229 g/mol. The quantitative estimate of drug-likeness (QED) is 0.733. The van der Waals surface area contributed by atoms with Gasteiger partial charge in [0.05, 0.1) is 17.8 Å². The maximum Gasteiger partial charge on any atom is 0.0713 e. The van der Waals surface area contributed by atoms with Crippen molar-refractivity contribution in [2.45, 2.75) is 6.04 Å². The first-order chi connectivity index (χ1) is 7.86. The molecular weight excluding hydrogens is 218 g/mol. The summed E-state index contributed by atoms with van der Waals surface area (Å²) in [6, 6.07) is 9.99. The predicted octanol–water partition coefficient (Wildman–Crippen LogP) is 2.44. The van der Waals surface area contributed by atoms with Gasteiger partial charge in [0.25, 0.3) is 0 Å². The number of pyridine rings is 1. The van der Waals surface area contributed by atoms with Gasteiger partial charge in [-0.1, -0.05) is 12.1 Å². The maximum absolute atomic E-state index is 6.23. The predicted molar refractivity (Wildman–Crippen MR) is 65.5 cm³/mol. The molecule has 1 atom stereocenters. The van der Waals surface area contributed by atoms with Crippen LogP contribution in [0.5, 0.6) is 0 Å². The summed E-state index contributed by atoms with van der Waals surface area (Å²) < 4.78 is 1.85. The highest BCUT2D eigenvalue weighted by Gasteiger charge is 2.14. The van der Waals surface area contributed by atoms with Gasteiger partial charge < -0.3 is 5.73 Å². The van der Waals surface area contributed by atoms with Gasteiger partial charge >= 0.3 is 0 Å². The Morgan fingerprint density at radius 1 is 1.25 bits per heavy atom. The average molecular weight is 229 g/mol. The summed E-state index contributed by atoms with van der Waals surface area (Å²) in [7, 11) is 0. The van der Waals surface area contributed by atoms with E-state index in [4.69, 9.17) is 5.73 Å². The second-order valence-corrected chi connectivity index (χ2v) is 4.60. The van der Waals surface area contributed by atoms with E-state index in [1.165, 1.54) is 4.88 Å². The lowest BCUT2D eigenvalue weighted by Crippen LogP contribution is -2.09. The Morgan fingerprint density at radius 2 is 2.19 bits per heavy atom. The molecule has 3 rings (SSSR count). The van der Waals surface area contributed by atoms with Crippen molar-refractivity contribution in [3.8, 4) is 0 Å². The Balaban J connectivity index is 2.12. The SMILES string of the molecule is NC(c1cccs1)c1cnn2ccccc12. The van der Waals surface area contributed by atoms with E-state index < -0.39 is 0 Å². The molecule has 4 heteroatoms. The molecule has 16 heavy (non-hydrogen) atoms. The highest BCUT2D eigenvalue weighted by atomic mass is 32.1. The fourth-order valence-corrected chi connectivity index (χ4v) is 2.56. The van der Waals surface area contributed by atoms with Gasteiger partial charge in [-0.15, -0.1) is 11.3 Å². The summed E-state index contributed by atoms with van der Waals surface area (Å²) in [6.45, 7) is 0. The van der Waals surface area contributed by atoms with E-state index in [1.54, 1.807) is 11.3 Å². The number of nitrogens with two attached hydrogens (primary N) is 1. The summed E-state index contributed by atoms with van der Waals surface area (Å²) in [6.07, 6.45) is 3.78. The van der Waals surface area contributed by atoms with Crippen molar-refractivity contribution in [2.75, 3.05) is 0 Å². The molecule has 0 fully saturated rings. The van der Waals surface area contributed by atoms with Crippen LogP contribution in [0.15, 0.2) is 48.1 Å². The zero-order chi connectivity index (χ0) is 11.0. The Morgan fingerprint density at radius 3 is 3.00 bits per heavy atom.